The molecule has 0 N–H and O–H groups in total. The third-order valence-corrected chi connectivity index (χ3v) is 5.03. The Kier molecular flexibility index (Phi) is 6.29. The SMILES string of the molecule is COc1cc(C(OC)(c2ccccc2)c2ccccc2)c(OC)c(OC)c1OC. The number of hydrogen-bond acceptors (Lipinski definition) is 5. The van der Waals surface area contributed by atoms with E-state index in [-0.39, 0.29) is 0 Å². The first-order chi connectivity index (χ1) is 14.2. The van der Waals surface area contributed by atoms with Gasteiger partial charge in [-0.25, -0.2) is 0 Å². The lowest BCUT2D eigenvalue weighted by Gasteiger charge is -2.36. The third kappa shape index (κ3) is 3.38. The van der Waals surface area contributed by atoms with Gasteiger partial charge in [0.05, 0.1) is 28.4 Å². The molecule has 0 heterocycles. The zero-order valence-corrected chi connectivity index (χ0v) is 17.4. The highest BCUT2D eigenvalue weighted by Gasteiger charge is 2.41. The topological polar surface area (TPSA) is 46.2 Å². The van der Waals surface area contributed by atoms with Gasteiger partial charge in [-0.05, 0) is 17.2 Å². The molecular formula is C24H26O5. The van der Waals surface area contributed by atoms with Crippen LogP contribution in [-0.4, -0.2) is 35.5 Å². The van der Waals surface area contributed by atoms with Crippen molar-refractivity contribution in [3.8, 4) is 23.0 Å². The highest BCUT2D eigenvalue weighted by atomic mass is 16.5. The number of benzene rings is 3. The van der Waals surface area contributed by atoms with Crippen LogP contribution in [0.15, 0.2) is 66.7 Å². The van der Waals surface area contributed by atoms with E-state index in [9.17, 15) is 0 Å². The molecule has 3 aromatic rings. The maximum Gasteiger partial charge on any atom is 0.207 e. The summed E-state index contributed by atoms with van der Waals surface area (Å²) in [6.07, 6.45) is 0. The van der Waals surface area contributed by atoms with Crippen LogP contribution < -0.4 is 18.9 Å². The van der Waals surface area contributed by atoms with Gasteiger partial charge in [-0.15, -0.1) is 0 Å². The molecule has 152 valence electrons. The number of rotatable bonds is 8. The summed E-state index contributed by atoms with van der Waals surface area (Å²) >= 11 is 0. The van der Waals surface area contributed by atoms with E-state index in [0.29, 0.717) is 23.0 Å². The minimum absolute atomic E-state index is 0.442. The second kappa shape index (κ2) is 8.88. The fraction of sp³-hybridized carbons (Fsp3) is 0.250. The lowest BCUT2D eigenvalue weighted by Crippen LogP contribution is -2.32. The van der Waals surface area contributed by atoms with Crippen LogP contribution in [0.5, 0.6) is 23.0 Å². The van der Waals surface area contributed by atoms with Crippen molar-refractivity contribution in [3.63, 3.8) is 0 Å². The predicted octanol–water partition coefficient (Wildman–Crippen LogP) is 4.66. The molecule has 0 saturated carbocycles. The van der Waals surface area contributed by atoms with Gasteiger partial charge >= 0.3 is 0 Å². The van der Waals surface area contributed by atoms with Crippen LogP contribution in [0.2, 0.25) is 0 Å². The second-order valence-electron chi connectivity index (χ2n) is 6.34. The summed E-state index contributed by atoms with van der Waals surface area (Å²) in [7, 11) is 8.01. The maximum absolute atomic E-state index is 6.28. The molecule has 5 heteroatoms. The van der Waals surface area contributed by atoms with Crippen molar-refractivity contribution >= 4 is 0 Å². The average molecular weight is 394 g/mol. The molecule has 0 aliphatic rings. The van der Waals surface area contributed by atoms with E-state index in [2.05, 4.69) is 0 Å². The molecule has 0 amide bonds. The molecule has 5 nitrogen and oxygen atoms in total. The van der Waals surface area contributed by atoms with E-state index in [1.807, 2.05) is 66.7 Å². The summed E-state index contributed by atoms with van der Waals surface area (Å²) in [5.41, 5.74) is 1.68. The molecule has 0 radical (unpaired) electrons. The molecule has 0 spiro atoms. The maximum atomic E-state index is 6.28. The van der Waals surface area contributed by atoms with Crippen LogP contribution >= 0.6 is 0 Å². The van der Waals surface area contributed by atoms with E-state index in [1.165, 1.54) is 0 Å². The van der Waals surface area contributed by atoms with Gasteiger partial charge in [0.2, 0.25) is 11.5 Å². The summed E-state index contributed by atoms with van der Waals surface area (Å²) in [5, 5.41) is 0. The Labute approximate surface area is 171 Å². The molecule has 0 fully saturated rings. The van der Waals surface area contributed by atoms with Gasteiger partial charge in [0, 0.05) is 12.7 Å². The van der Waals surface area contributed by atoms with Crippen molar-refractivity contribution in [2.45, 2.75) is 5.60 Å². The predicted molar refractivity (Wildman–Crippen MR) is 112 cm³/mol. The van der Waals surface area contributed by atoms with Crippen molar-refractivity contribution < 1.29 is 23.7 Å². The van der Waals surface area contributed by atoms with Gasteiger partial charge in [0.25, 0.3) is 0 Å². The van der Waals surface area contributed by atoms with E-state index < -0.39 is 5.60 Å². The van der Waals surface area contributed by atoms with E-state index in [0.717, 1.165) is 16.7 Å². The number of ether oxygens (including phenoxy) is 5. The Morgan fingerprint density at radius 2 is 1.03 bits per heavy atom. The molecule has 0 aliphatic heterocycles. The summed E-state index contributed by atoms with van der Waals surface area (Å²) in [5.74, 6) is 1.94. The first-order valence-electron chi connectivity index (χ1n) is 9.21. The van der Waals surface area contributed by atoms with Gasteiger partial charge in [0.15, 0.2) is 11.5 Å². The molecule has 0 bridgehead atoms. The zero-order chi connectivity index (χ0) is 20.9. The Hall–Kier alpha value is -3.18. The molecule has 3 rings (SSSR count). The standard InChI is InChI=1S/C24H26O5/c1-25-20-16-19(21(26-2)23(28-4)22(20)27-3)24(29-5,17-12-8-6-9-13-17)18-14-10-7-11-15-18/h6-16H,1-5H3. The van der Waals surface area contributed by atoms with Crippen LogP contribution in [0.25, 0.3) is 0 Å². The highest BCUT2D eigenvalue weighted by Crippen LogP contribution is 2.53. The highest BCUT2D eigenvalue weighted by molar-refractivity contribution is 5.67. The lowest BCUT2D eigenvalue weighted by atomic mass is 9.79. The molecule has 0 aromatic heterocycles. The quantitative estimate of drug-likeness (QED) is 0.520. The van der Waals surface area contributed by atoms with Crippen LogP contribution in [0.1, 0.15) is 16.7 Å². The monoisotopic (exact) mass is 394 g/mol. The van der Waals surface area contributed by atoms with Gasteiger partial charge in [-0.1, -0.05) is 60.7 Å². The Balaban J connectivity index is 2.47. The number of hydrogen-bond donors (Lipinski definition) is 0. The van der Waals surface area contributed by atoms with Gasteiger partial charge in [0.1, 0.15) is 5.60 Å². The van der Waals surface area contributed by atoms with Gasteiger partial charge < -0.3 is 23.7 Å². The minimum Gasteiger partial charge on any atom is -0.493 e. The molecule has 3 aromatic carbocycles. The third-order valence-electron chi connectivity index (χ3n) is 5.03. The molecule has 0 saturated heterocycles. The summed E-state index contributed by atoms with van der Waals surface area (Å²) in [4.78, 5) is 0. The molecule has 0 unspecified atom stereocenters. The molecule has 0 aliphatic carbocycles. The lowest BCUT2D eigenvalue weighted by molar-refractivity contribution is 0.0556. The van der Waals surface area contributed by atoms with Crippen molar-refractivity contribution in [2.24, 2.45) is 0 Å². The zero-order valence-electron chi connectivity index (χ0n) is 17.4. The fourth-order valence-corrected chi connectivity index (χ4v) is 3.76. The van der Waals surface area contributed by atoms with Gasteiger partial charge in [-0.2, -0.15) is 0 Å². The van der Waals surface area contributed by atoms with Crippen molar-refractivity contribution in [1.82, 2.24) is 0 Å². The summed E-state index contributed by atoms with van der Waals surface area (Å²) in [6.45, 7) is 0. The van der Waals surface area contributed by atoms with Crippen molar-refractivity contribution in [2.75, 3.05) is 35.5 Å². The smallest absolute Gasteiger partial charge is 0.207 e. The summed E-state index contributed by atoms with van der Waals surface area (Å²) < 4.78 is 28.9. The molecule has 0 atom stereocenters. The van der Waals surface area contributed by atoms with Crippen LogP contribution in [0, 0.1) is 0 Å². The van der Waals surface area contributed by atoms with Crippen LogP contribution in [0.4, 0.5) is 0 Å². The largest absolute Gasteiger partial charge is 0.493 e. The summed E-state index contributed by atoms with van der Waals surface area (Å²) in [6, 6.07) is 21.9. The van der Waals surface area contributed by atoms with Gasteiger partial charge in [-0.3, -0.25) is 0 Å². The normalized spacial score (nSPS) is 11.1. The van der Waals surface area contributed by atoms with E-state index >= 15 is 0 Å². The van der Waals surface area contributed by atoms with E-state index in [4.69, 9.17) is 23.7 Å². The average Bonchev–Trinajstić information content (AvgIpc) is 2.80. The van der Waals surface area contributed by atoms with E-state index in [1.54, 1.807) is 35.5 Å². The van der Waals surface area contributed by atoms with Crippen LogP contribution in [0.3, 0.4) is 0 Å². The molecule has 29 heavy (non-hydrogen) atoms. The first kappa shape index (κ1) is 20.6. The molecular weight excluding hydrogens is 368 g/mol. The fourth-order valence-electron chi connectivity index (χ4n) is 3.76. The Morgan fingerprint density at radius 1 is 0.552 bits per heavy atom. The second-order valence-corrected chi connectivity index (χ2v) is 6.34. The Morgan fingerprint density at radius 3 is 1.41 bits per heavy atom. The van der Waals surface area contributed by atoms with Crippen molar-refractivity contribution in [1.29, 1.82) is 0 Å². The Bertz CT molecular complexity index is 899. The van der Waals surface area contributed by atoms with Crippen LogP contribution in [-0.2, 0) is 10.3 Å². The number of methoxy groups -OCH3 is 5. The minimum atomic E-state index is -0.958. The van der Waals surface area contributed by atoms with Crippen molar-refractivity contribution in [3.05, 3.63) is 83.4 Å². The first-order valence-corrected chi connectivity index (χ1v) is 9.21.